The SMILES string of the molecule is CN(Cc1ccc2c(c1)OCCO2)C(=O)CNC(=O)c1ccc(Oc2ccccc2)cc1. The number of nitrogens with zero attached hydrogens (tertiary/aromatic N) is 1. The molecule has 32 heavy (non-hydrogen) atoms. The third-order valence-corrected chi connectivity index (χ3v) is 4.95. The fourth-order valence-electron chi connectivity index (χ4n) is 3.24. The topological polar surface area (TPSA) is 77.1 Å². The van der Waals surface area contributed by atoms with E-state index in [2.05, 4.69) is 5.32 Å². The summed E-state index contributed by atoms with van der Waals surface area (Å²) in [7, 11) is 1.70. The molecule has 1 heterocycles. The van der Waals surface area contributed by atoms with E-state index in [1.807, 2.05) is 48.5 Å². The summed E-state index contributed by atoms with van der Waals surface area (Å²) in [5, 5.41) is 2.67. The Labute approximate surface area is 186 Å². The second-order valence-corrected chi connectivity index (χ2v) is 7.35. The minimum atomic E-state index is -0.322. The quantitative estimate of drug-likeness (QED) is 0.617. The van der Waals surface area contributed by atoms with Crippen LogP contribution in [-0.2, 0) is 11.3 Å². The van der Waals surface area contributed by atoms with Gasteiger partial charge in [0.05, 0.1) is 6.54 Å². The zero-order valence-corrected chi connectivity index (χ0v) is 17.7. The molecule has 0 saturated heterocycles. The summed E-state index contributed by atoms with van der Waals surface area (Å²) in [5.74, 6) is 2.22. The molecular weight excluding hydrogens is 408 g/mol. The summed E-state index contributed by atoms with van der Waals surface area (Å²) < 4.78 is 16.8. The highest BCUT2D eigenvalue weighted by Gasteiger charge is 2.15. The van der Waals surface area contributed by atoms with E-state index in [1.54, 1.807) is 36.2 Å². The van der Waals surface area contributed by atoms with Gasteiger partial charge in [0.15, 0.2) is 11.5 Å². The largest absolute Gasteiger partial charge is 0.486 e. The van der Waals surface area contributed by atoms with Crippen molar-refractivity contribution in [2.45, 2.75) is 6.54 Å². The Morgan fingerprint density at radius 3 is 2.34 bits per heavy atom. The van der Waals surface area contributed by atoms with Gasteiger partial charge in [-0.1, -0.05) is 24.3 Å². The predicted octanol–water partition coefficient (Wildman–Crippen LogP) is 3.64. The maximum atomic E-state index is 12.5. The Morgan fingerprint density at radius 1 is 0.906 bits per heavy atom. The van der Waals surface area contributed by atoms with Crippen LogP contribution in [0.5, 0.6) is 23.0 Å². The normalized spacial score (nSPS) is 12.0. The van der Waals surface area contributed by atoms with Crippen LogP contribution in [0.3, 0.4) is 0 Å². The van der Waals surface area contributed by atoms with E-state index in [0.717, 1.165) is 11.3 Å². The van der Waals surface area contributed by atoms with Crippen molar-refractivity contribution in [2.75, 3.05) is 26.8 Å². The molecule has 0 unspecified atom stereocenters. The Hall–Kier alpha value is -4.00. The fraction of sp³-hybridized carbons (Fsp3) is 0.200. The molecule has 3 aromatic rings. The first-order chi connectivity index (χ1) is 15.6. The molecule has 7 heteroatoms. The lowest BCUT2D eigenvalue weighted by atomic mass is 10.2. The average Bonchev–Trinajstić information content (AvgIpc) is 2.83. The number of likely N-dealkylation sites (N-methyl/N-ethyl adjacent to an activating group) is 1. The van der Waals surface area contributed by atoms with E-state index in [1.165, 1.54) is 0 Å². The number of rotatable bonds is 7. The molecule has 1 aliphatic heterocycles. The van der Waals surface area contributed by atoms with Crippen molar-refractivity contribution in [1.82, 2.24) is 10.2 Å². The molecule has 2 amide bonds. The van der Waals surface area contributed by atoms with E-state index in [0.29, 0.717) is 42.6 Å². The summed E-state index contributed by atoms with van der Waals surface area (Å²) in [6.45, 7) is 1.35. The molecular formula is C25H24N2O5. The van der Waals surface area contributed by atoms with Gasteiger partial charge in [-0.3, -0.25) is 9.59 Å². The lowest BCUT2D eigenvalue weighted by molar-refractivity contribution is -0.129. The number of fused-ring (bicyclic) bond motifs is 1. The summed E-state index contributed by atoms with van der Waals surface area (Å²) >= 11 is 0. The van der Waals surface area contributed by atoms with Crippen LogP contribution in [0.4, 0.5) is 0 Å². The van der Waals surface area contributed by atoms with Crippen molar-refractivity contribution in [3.8, 4) is 23.0 Å². The van der Waals surface area contributed by atoms with Crippen LogP contribution in [0.25, 0.3) is 0 Å². The van der Waals surface area contributed by atoms with Crippen molar-refractivity contribution >= 4 is 11.8 Å². The maximum Gasteiger partial charge on any atom is 0.251 e. The van der Waals surface area contributed by atoms with Crippen molar-refractivity contribution in [3.63, 3.8) is 0 Å². The molecule has 0 aliphatic carbocycles. The van der Waals surface area contributed by atoms with Crippen LogP contribution in [0.1, 0.15) is 15.9 Å². The Morgan fingerprint density at radius 2 is 1.59 bits per heavy atom. The van der Waals surface area contributed by atoms with Crippen molar-refractivity contribution in [3.05, 3.63) is 83.9 Å². The lowest BCUT2D eigenvalue weighted by Crippen LogP contribution is -2.37. The van der Waals surface area contributed by atoms with Crippen molar-refractivity contribution in [2.24, 2.45) is 0 Å². The smallest absolute Gasteiger partial charge is 0.251 e. The molecule has 4 rings (SSSR count). The van der Waals surface area contributed by atoms with Gasteiger partial charge in [0.25, 0.3) is 5.91 Å². The van der Waals surface area contributed by atoms with Gasteiger partial charge < -0.3 is 24.4 Å². The van der Waals surface area contributed by atoms with Crippen LogP contribution in [0, 0.1) is 0 Å². The lowest BCUT2D eigenvalue weighted by Gasteiger charge is -2.21. The zero-order chi connectivity index (χ0) is 22.3. The van der Waals surface area contributed by atoms with Gasteiger partial charge in [-0.05, 0) is 54.1 Å². The molecule has 0 saturated carbocycles. The monoisotopic (exact) mass is 432 g/mol. The summed E-state index contributed by atoms with van der Waals surface area (Å²) in [6, 6.07) is 21.8. The van der Waals surface area contributed by atoms with Gasteiger partial charge in [0.1, 0.15) is 24.7 Å². The Balaban J connectivity index is 1.27. The maximum absolute atomic E-state index is 12.5. The molecule has 0 aromatic heterocycles. The molecule has 0 fully saturated rings. The van der Waals surface area contributed by atoms with Gasteiger partial charge in [-0.2, -0.15) is 0 Å². The molecule has 0 bridgehead atoms. The number of nitrogens with one attached hydrogen (secondary N) is 1. The molecule has 0 radical (unpaired) electrons. The Bertz CT molecular complexity index is 1080. The average molecular weight is 432 g/mol. The zero-order valence-electron chi connectivity index (χ0n) is 17.7. The first-order valence-corrected chi connectivity index (χ1v) is 10.3. The van der Waals surface area contributed by atoms with E-state index in [-0.39, 0.29) is 18.4 Å². The number of amides is 2. The molecule has 7 nitrogen and oxygen atoms in total. The second kappa shape index (κ2) is 9.87. The minimum Gasteiger partial charge on any atom is -0.486 e. The fourth-order valence-corrected chi connectivity index (χ4v) is 3.24. The third kappa shape index (κ3) is 5.37. The molecule has 164 valence electrons. The van der Waals surface area contributed by atoms with Crippen LogP contribution < -0.4 is 19.5 Å². The van der Waals surface area contributed by atoms with Gasteiger partial charge in [0.2, 0.25) is 5.91 Å². The van der Waals surface area contributed by atoms with Crippen LogP contribution >= 0.6 is 0 Å². The van der Waals surface area contributed by atoms with E-state index in [9.17, 15) is 9.59 Å². The summed E-state index contributed by atoms with van der Waals surface area (Å²) in [5.41, 5.74) is 1.37. The first-order valence-electron chi connectivity index (χ1n) is 10.3. The number of para-hydroxylation sites is 1. The van der Waals surface area contributed by atoms with Gasteiger partial charge >= 0.3 is 0 Å². The molecule has 1 aliphatic rings. The van der Waals surface area contributed by atoms with Crippen molar-refractivity contribution < 1.29 is 23.8 Å². The number of carbonyl (C=O) groups is 2. The molecule has 3 aromatic carbocycles. The summed E-state index contributed by atoms with van der Waals surface area (Å²) in [4.78, 5) is 26.4. The third-order valence-electron chi connectivity index (χ3n) is 4.95. The molecule has 1 N–H and O–H groups in total. The highest BCUT2D eigenvalue weighted by Crippen LogP contribution is 2.31. The van der Waals surface area contributed by atoms with Crippen LogP contribution in [0.15, 0.2) is 72.8 Å². The number of hydrogen-bond acceptors (Lipinski definition) is 5. The van der Waals surface area contributed by atoms with E-state index < -0.39 is 0 Å². The Kier molecular flexibility index (Phi) is 6.55. The van der Waals surface area contributed by atoms with Crippen molar-refractivity contribution in [1.29, 1.82) is 0 Å². The highest BCUT2D eigenvalue weighted by atomic mass is 16.6. The summed E-state index contributed by atoms with van der Waals surface area (Å²) in [6.07, 6.45) is 0. The molecule has 0 spiro atoms. The van der Waals surface area contributed by atoms with E-state index >= 15 is 0 Å². The van der Waals surface area contributed by atoms with E-state index in [4.69, 9.17) is 14.2 Å². The first kappa shape index (κ1) is 21.2. The van der Waals surface area contributed by atoms with Gasteiger partial charge in [0, 0.05) is 19.2 Å². The number of benzene rings is 3. The number of ether oxygens (including phenoxy) is 3. The molecule has 0 atom stereocenters. The second-order valence-electron chi connectivity index (χ2n) is 7.35. The number of carbonyl (C=O) groups excluding carboxylic acids is 2. The minimum absolute atomic E-state index is 0.0951. The van der Waals surface area contributed by atoms with Crippen LogP contribution in [0.2, 0.25) is 0 Å². The van der Waals surface area contributed by atoms with Crippen LogP contribution in [-0.4, -0.2) is 43.5 Å². The van der Waals surface area contributed by atoms with Gasteiger partial charge in [-0.25, -0.2) is 0 Å². The number of hydrogen-bond donors (Lipinski definition) is 1. The van der Waals surface area contributed by atoms with Gasteiger partial charge in [-0.15, -0.1) is 0 Å². The standard InChI is InChI=1S/C25H24N2O5/c1-27(17-18-7-12-22-23(15-18)31-14-13-30-22)24(28)16-26-25(29)19-8-10-21(11-9-19)32-20-5-3-2-4-6-20/h2-12,15H,13-14,16-17H2,1H3,(H,26,29). The highest BCUT2D eigenvalue weighted by molar-refractivity contribution is 5.96. The predicted molar refractivity (Wildman–Crippen MR) is 119 cm³/mol.